The number of rotatable bonds is 12. The number of sulfonamides is 1. The van der Waals surface area contributed by atoms with Gasteiger partial charge in [-0.3, -0.25) is 13.9 Å². The van der Waals surface area contributed by atoms with Crippen molar-refractivity contribution in [2.24, 2.45) is 0 Å². The molecule has 0 saturated carbocycles. The van der Waals surface area contributed by atoms with Crippen molar-refractivity contribution in [3.63, 3.8) is 0 Å². The maximum atomic E-state index is 14.4. The molecule has 0 bridgehead atoms. The second-order valence-electron chi connectivity index (χ2n) is 10.2. The molecule has 0 aliphatic carbocycles. The first-order chi connectivity index (χ1) is 21.0. The number of aryl methyl sites for hydroxylation is 1. The summed E-state index contributed by atoms with van der Waals surface area (Å²) < 4.78 is 29.9. The predicted octanol–water partition coefficient (Wildman–Crippen LogP) is 7.04. The van der Waals surface area contributed by atoms with Crippen LogP contribution in [0.1, 0.15) is 23.6 Å². The van der Waals surface area contributed by atoms with Crippen LogP contribution in [-0.4, -0.2) is 44.3 Å². The molecule has 230 valence electrons. The summed E-state index contributed by atoms with van der Waals surface area (Å²) in [4.78, 5) is 29.4. The average molecular weight is 718 g/mol. The third kappa shape index (κ3) is 8.41. The largest absolute Gasteiger partial charge is 0.355 e. The zero-order valence-corrected chi connectivity index (χ0v) is 28.1. The van der Waals surface area contributed by atoms with Gasteiger partial charge in [0, 0.05) is 24.0 Å². The molecule has 1 atom stereocenters. The molecule has 1 N–H and O–H groups in total. The van der Waals surface area contributed by atoms with Gasteiger partial charge in [0.25, 0.3) is 10.0 Å². The van der Waals surface area contributed by atoms with Crippen LogP contribution in [0.3, 0.4) is 0 Å². The third-order valence-corrected chi connectivity index (χ3v) is 9.96. The van der Waals surface area contributed by atoms with Gasteiger partial charge in [-0.25, -0.2) is 8.42 Å². The second kappa shape index (κ2) is 15.1. The number of likely N-dealkylation sites (N-methyl/N-ethyl adjacent to an activating group) is 1. The Labute approximate surface area is 277 Å². The normalized spacial score (nSPS) is 11.9. The van der Waals surface area contributed by atoms with Gasteiger partial charge < -0.3 is 10.2 Å². The number of hydrogen-bond acceptors (Lipinski definition) is 4. The van der Waals surface area contributed by atoms with Crippen molar-refractivity contribution in [2.75, 3.05) is 17.4 Å². The van der Waals surface area contributed by atoms with Crippen molar-refractivity contribution in [3.8, 4) is 0 Å². The maximum absolute atomic E-state index is 14.4. The first kappa shape index (κ1) is 33.5. The Hall–Kier alpha value is -3.37. The van der Waals surface area contributed by atoms with Crippen LogP contribution in [0, 0.1) is 6.92 Å². The Morgan fingerprint density at radius 3 is 2.20 bits per heavy atom. The third-order valence-electron chi connectivity index (χ3n) is 6.94. The van der Waals surface area contributed by atoms with Gasteiger partial charge in [0.05, 0.1) is 20.6 Å². The highest BCUT2D eigenvalue weighted by Gasteiger charge is 2.34. The quantitative estimate of drug-likeness (QED) is 0.171. The molecular formula is C33H32BrCl2N3O4S. The van der Waals surface area contributed by atoms with Crippen LogP contribution in [0.2, 0.25) is 10.0 Å². The number of amides is 2. The summed E-state index contributed by atoms with van der Waals surface area (Å²) in [6, 6.07) is 26.5. The Morgan fingerprint density at radius 2 is 1.57 bits per heavy atom. The van der Waals surface area contributed by atoms with Crippen LogP contribution in [0.4, 0.5) is 5.69 Å². The summed E-state index contributed by atoms with van der Waals surface area (Å²) in [5, 5.41) is 3.49. The predicted molar refractivity (Wildman–Crippen MR) is 179 cm³/mol. The summed E-state index contributed by atoms with van der Waals surface area (Å²) >= 11 is 15.9. The van der Waals surface area contributed by atoms with Crippen molar-refractivity contribution in [2.45, 2.75) is 37.8 Å². The Bertz CT molecular complexity index is 1720. The lowest BCUT2D eigenvalue weighted by atomic mass is 10.0. The minimum absolute atomic E-state index is 0.0126. The zero-order chi connectivity index (χ0) is 31.9. The molecule has 0 unspecified atom stereocenters. The summed E-state index contributed by atoms with van der Waals surface area (Å²) in [7, 11) is -4.19. The van der Waals surface area contributed by atoms with Crippen molar-refractivity contribution in [3.05, 3.63) is 128 Å². The van der Waals surface area contributed by atoms with E-state index in [1.807, 2.05) is 37.3 Å². The molecule has 0 aliphatic rings. The molecule has 44 heavy (non-hydrogen) atoms. The van der Waals surface area contributed by atoms with E-state index in [0.717, 1.165) is 15.4 Å². The van der Waals surface area contributed by atoms with E-state index in [0.29, 0.717) is 32.3 Å². The van der Waals surface area contributed by atoms with E-state index >= 15 is 0 Å². The Kier molecular flexibility index (Phi) is 11.5. The highest BCUT2D eigenvalue weighted by atomic mass is 79.9. The molecule has 0 heterocycles. The van der Waals surface area contributed by atoms with E-state index < -0.39 is 28.5 Å². The lowest BCUT2D eigenvalue weighted by Gasteiger charge is -2.34. The minimum atomic E-state index is -4.19. The molecule has 0 fully saturated rings. The second-order valence-corrected chi connectivity index (χ2v) is 13.8. The summed E-state index contributed by atoms with van der Waals surface area (Å²) in [5.74, 6) is -0.931. The lowest BCUT2D eigenvalue weighted by Crippen LogP contribution is -2.53. The average Bonchev–Trinajstić information content (AvgIpc) is 3.00. The Morgan fingerprint density at radius 1 is 0.864 bits per heavy atom. The van der Waals surface area contributed by atoms with Crippen molar-refractivity contribution >= 4 is 66.7 Å². The molecule has 0 radical (unpaired) electrons. The van der Waals surface area contributed by atoms with Crippen molar-refractivity contribution < 1.29 is 18.0 Å². The van der Waals surface area contributed by atoms with Crippen LogP contribution in [-0.2, 0) is 32.6 Å². The molecule has 0 aliphatic heterocycles. The van der Waals surface area contributed by atoms with Gasteiger partial charge in [-0.05, 0) is 67.4 Å². The molecule has 4 aromatic carbocycles. The maximum Gasteiger partial charge on any atom is 0.264 e. The summed E-state index contributed by atoms with van der Waals surface area (Å²) in [6.45, 7) is 3.44. The van der Waals surface area contributed by atoms with Crippen molar-refractivity contribution in [1.82, 2.24) is 10.2 Å². The monoisotopic (exact) mass is 715 g/mol. The zero-order valence-electron chi connectivity index (χ0n) is 24.2. The number of benzene rings is 4. The number of halogens is 3. The van der Waals surface area contributed by atoms with Gasteiger partial charge >= 0.3 is 0 Å². The fourth-order valence-electron chi connectivity index (χ4n) is 4.68. The van der Waals surface area contributed by atoms with Crippen LogP contribution >= 0.6 is 39.1 Å². The molecule has 0 saturated heterocycles. The van der Waals surface area contributed by atoms with Gasteiger partial charge in [0.2, 0.25) is 11.8 Å². The number of carbonyl (C=O) groups excluding carboxylic acids is 2. The summed E-state index contributed by atoms with van der Waals surface area (Å²) in [5.41, 5.74) is 2.66. The van der Waals surface area contributed by atoms with Gasteiger partial charge in [-0.2, -0.15) is 0 Å². The van der Waals surface area contributed by atoms with E-state index in [2.05, 4.69) is 21.2 Å². The van der Waals surface area contributed by atoms with Gasteiger partial charge in [0.1, 0.15) is 12.6 Å². The van der Waals surface area contributed by atoms with E-state index in [1.54, 1.807) is 61.5 Å². The number of anilines is 1. The minimum Gasteiger partial charge on any atom is -0.355 e. The lowest BCUT2D eigenvalue weighted by molar-refractivity contribution is -0.140. The molecular weight excluding hydrogens is 685 g/mol. The topological polar surface area (TPSA) is 86.8 Å². The number of hydrogen-bond donors (Lipinski definition) is 1. The molecule has 11 heteroatoms. The molecule has 4 rings (SSSR count). The van der Waals surface area contributed by atoms with Crippen LogP contribution in [0.25, 0.3) is 0 Å². The highest BCUT2D eigenvalue weighted by Crippen LogP contribution is 2.28. The number of nitrogens with one attached hydrogen (secondary N) is 1. The van der Waals surface area contributed by atoms with Crippen LogP contribution in [0.5, 0.6) is 0 Å². The van der Waals surface area contributed by atoms with Gasteiger partial charge in [0.15, 0.2) is 0 Å². The van der Waals surface area contributed by atoms with E-state index in [4.69, 9.17) is 23.2 Å². The van der Waals surface area contributed by atoms with E-state index in [1.165, 1.54) is 17.0 Å². The molecule has 4 aromatic rings. The number of nitrogens with zero attached hydrogens (tertiary/aromatic N) is 2. The van der Waals surface area contributed by atoms with Crippen molar-refractivity contribution in [1.29, 1.82) is 0 Å². The van der Waals surface area contributed by atoms with E-state index in [9.17, 15) is 18.0 Å². The standard InChI is InChI=1S/C33H32BrCl2N3O4S/c1-3-37-33(41)31(19-24-8-5-4-6-9-24)38(21-25-14-17-29(35)30(36)18-25)32(40)22-39(27-11-7-10-26(34)20-27)44(42,43)28-15-12-23(2)13-16-28/h4-18,20,31H,3,19,21-22H2,1-2H3,(H,37,41)/t31-/m1/s1. The highest BCUT2D eigenvalue weighted by molar-refractivity contribution is 9.10. The SMILES string of the molecule is CCNC(=O)[C@@H](Cc1ccccc1)N(Cc1ccc(Cl)c(Cl)c1)C(=O)CN(c1cccc(Br)c1)S(=O)(=O)c1ccc(C)cc1. The molecule has 7 nitrogen and oxygen atoms in total. The molecule has 0 aromatic heterocycles. The fraction of sp³-hybridized carbons (Fsp3) is 0.212. The molecule has 2 amide bonds. The first-order valence-electron chi connectivity index (χ1n) is 13.9. The molecule has 0 spiro atoms. The Balaban J connectivity index is 1.81. The fourth-order valence-corrected chi connectivity index (χ4v) is 6.79. The van der Waals surface area contributed by atoms with Crippen LogP contribution in [0.15, 0.2) is 106 Å². The number of carbonyl (C=O) groups is 2. The summed E-state index contributed by atoms with van der Waals surface area (Å²) in [6.07, 6.45) is 0.210. The van der Waals surface area contributed by atoms with E-state index in [-0.39, 0.29) is 23.8 Å². The van der Waals surface area contributed by atoms with Gasteiger partial charge in [-0.1, -0.05) is 99.3 Å². The van der Waals surface area contributed by atoms with Crippen LogP contribution < -0.4 is 9.62 Å². The first-order valence-corrected chi connectivity index (χ1v) is 16.9. The van der Waals surface area contributed by atoms with Gasteiger partial charge in [-0.15, -0.1) is 0 Å². The smallest absolute Gasteiger partial charge is 0.264 e.